The van der Waals surface area contributed by atoms with Crippen molar-refractivity contribution >= 4 is 5.71 Å². The van der Waals surface area contributed by atoms with E-state index in [2.05, 4.69) is 30.3 Å². The lowest BCUT2D eigenvalue weighted by Crippen LogP contribution is -1.97. The van der Waals surface area contributed by atoms with Gasteiger partial charge in [-0.15, -0.1) is 0 Å². The first-order valence-electron chi connectivity index (χ1n) is 6.65. The molecule has 0 saturated heterocycles. The summed E-state index contributed by atoms with van der Waals surface area (Å²) in [4.78, 5) is 5.48. The zero-order valence-electron chi connectivity index (χ0n) is 11.1. The van der Waals surface area contributed by atoms with E-state index < -0.39 is 0 Å². The van der Waals surface area contributed by atoms with Crippen LogP contribution >= 0.6 is 0 Å². The molecule has 0 aromatic heterocycles. The quantitative estimate of drug-likeness (QED) is 0.759. The Hall–Kier alpha value is -2.09. The van der Waals surface area contributed by atoms with Crippen LogP contribution < -0.4 is 0 Å². The second-order valence-corrected chi connectivity index (χ2v) is 4.96. The van der Waals surface area contributed by atoms with E-state index in [1.54, 1.807) is 0 Å². The molecule has 2 nitrogen and oxygen atoms in total. The van der Waals surface area contributed by atoms with Gasteiger partial charge in [0.15, 0.2) is 0 Å². The highest BCUT2D eigenvalue weighted by molar-refractivity contribution is 6.04. The number of nitrogens with zero attached hydrogens (tertiary/aromatic N) is 1. The average Bonchev–Trinajstić information content (AvgIpc) is 2.82. The van der Waals surface area contributed by atoms with E-state index in [-0.39, 0.29) is 0 Å². The number of fused-ring (bicyclic) bond motifs is 1. The molecule has 0 amide bonds. The van der Waals surface area contributed by atoms with E-state index in [0.717, 1.165) is 24.1 Å². The lowest BCUT2D eigenvalue weighted by Gasteiger charge is -2.03. The van der Waals surface area contributed by atoms with Gasteiger partial charge in [-0.3, -0.25) is 0 Å². The van der Waals surface area contributed by atoms with Crippen molar-refractivity contribution in [3.05, 3.63) is 70.8 Å². The van der Waals surface area contributed by atoms with Crippen molar-refractivity contribution < 1.29 is 4.84 Å². The van der Waals surface area contributed by atoms with Gasteiger partial charge in [-0.25, -0.2) is 0 Å². The van der Waals surface area contributed by atoms with Crippen molar-refractivity contribution in [2.24, 2.45) is 5.16 Å². The van der Waals surface area contributed by atoms with Gasteiger partial charge in [-0.2, -0.15) is 0 Å². The molecule has 0 heterocycles. The normalized spacial score (nSPS) is 15.5. The van der Waals surface area contributed by atoms with E-state index in [0.29, 0.717) is 6.61 Å². The van der Waals surface area contributed by atoms with Gasteiger partial charge < -0.3 is 4.84 Å². The minimum Gasteiger partial charge on any atom is -0.391 e. The third-order valence-electron chi connectivity index (χ3n) is 3.45. The first kappa shape index (κ1) is 12.0. The molecule has 3 rings (SSSR count). The third kappa shape index (κ3) is 2.68. The minimum absolute atomic E-state index is 0.533. The summed E-state index contributed by atoms with van der Waals surface area (Å²) in [5.74, 6) is 0. The number of aryl methyl sites for hydroxylation is 2. The maximum absolute atomic E-state index is 5.48. The molecule has 2 aromatic rings. The van der Waals surface area contributed by atoms with Crippen LogP contribution in [0.5, 0.6) is 0 Å². The summed E-state index contributed by atoms with van der Waals surface area (Å²) >= 11 is 0. The van der Waals surface area contributed by atoms with Crippen LogP contribution in [0, 0.1) is 6.92 Å². The molecular weight excluding hydrogens is 234 g/mol. The van der Waals surface area contributed by atoms with E-state index in [4.69, 9.17) is 4.84 Å². The zero-order chi connectivity index (χ0) is 13.1. The Morgan fingerprint density at radius 3 is 2.74 bits per heavy atom. The van der Waals surface area contributed by atoms with E-state index in [1.165, 1.54) is 16.7 Å². The molecule has 0 radical (unpaired) electrons. The van der Waals surface area contributed by atoms with Gasteiger partial charge in [-0.05, 0) is 30.9 Å². The first-order valence-corrected chi connectivity index (χ1v) is 6.65. The lowest BCUT2D eigenvalue weighted by atomic mass is 10.1. The van der Waals surface area contributed by atoms with Crippen LogP contribution in [0.2, 0.25) is 0 Å². The Bertz CT molecular complexity index is 602. The SMILES string of the molecule is Cc1ccc2c(c1)CCC2=NOCc1ccccc1. The fourth-order valence-corrected chi connectivity index (χ4v) is 2.45. The van der Waals surface area contributed by atoms with Crippen molar-refractivity contribution in [3.63, 3.8) is 0 Å². The molecule has 1 aliphatic rings. The largest absolute Gasteiger partial charge is 0.391 e. The van der Waals surface area contributed by atoms with Crippen LogP contribution in [-0.4, -0.2) is 5.71 Å². The molecule has 0 aliphatic heterocycles. The number of rotatable bonds is 3. The molecule has 19 heavy (non-hydrogen) atoms. The Balaban J connectivity index is 1.70. The van der Waals surface area contributed by atoms with Crippen molar-refractivity contribution in [1.29, 1.82) is 0 Å². The standard InChI is InChI=1S/C17H17NO/c1-13-7-9-16-15(11-13)8-10-17(16)18-19-12-14-5-3-2-4-6-14/h2-7,9,11H,8,10,12H2,1H3. The topological polar surface area (TPSA) is 21.6 Å². The summed E-state index contributed by atoms with van der Waals surface area (Å²) in [5.41, 5.74) is 6.17. The van der Waals surface area contributed by atoms with Crippen LogP contribution in [0.25, 0.3) is 0 Å². The Morgan fingerprint density at radius 2 is 1.89 bits per heavy atom. The van der Waals surface area contributed by atoms with E-state index >= 15 is 0 Å². The fourth-order valence-electron chi connectivity index (χ4n) is 2.45. The molecule has 0 atom stereocenters. The summed E-state index contributed by atoms with van der Waals surface area (Å²) in [6, 6.07) is 16.7. The molecule has 2 aromatic carbocycles. The van der Waals surface area contributed by atoms with Crippen molar-refractivity contribution in [2.45, 2.75) is 26.4 Å². The number of benzene rings is 2. The van der Waals surface area contributed by atoms with Crippen LogP contribution in [0.3, 0.4) is 0 Å². The van der Waals surface area contributed by atoms with Crippen LogP contribution in [-0.2, 0) is 17.9 Å². The summed E-state index contributed by atoms with van der Waals surface area (Å²) < 4.78 is 0. The molecule has 1 aliphatic carbocycles. The second kappa shape index (κ2) is 5.27. The summed E-state index contributed by atoms with van der Waals surface area (Å²) in [5, 5.41) is 4.31. The number of hydrogen-bond donors (Lipinski definition) is 0. The van der Waals surface area contributed by atoms with Crippen molar-refractivity contribution in [2.75, 3.05) is 0 Å². The van der Waals surface area contributed by atoms with E-state index in [1.807, 2.05) is 30.3 Å². The third-order valence-corrected chi connectivity index (χ3v) is 3.45. The Morgan fingerprint density at radius 1 is 1.05 bits per heavy atom. The molecule has 0 spiro atoms. The highest BCUT2D eigenvalue weighted by atomic mass is 16.6. The predicted octanol–water partition coefficient (Wildman–Crippen LogP) is 3.86. The maximum atomic E-state index is 5.48. The average molecular weight is 251 g/mol. The highest BCUT2D eigenvalue weighted by Crippen LogP contribution is 2.23. The van der Waals surface area contributed by atoms with Gasteiger partial charge in [-0.1, -0.05) is 59.3 Å². The van der Waals surface area contributed by atoms with Crippen LogP contribution in [0.15, 0.2) is 53.7 Å². The lowest BCUT2D eigenvalue weighted by molar-refractivity contribution is 0.130. The molecule has 96 valence electrons. The molecule has 0 fully saturated rings. The molecular formula is C17H17NO. The molecule has 0 saturated carbocycles. The first-order chi connectivity index (χ1) is 9.33. The van der Waals surface area contributed by atoms with E-state index in [9.17, 15) is 0 Å². The molecule has 0 bridgehead atoms. The summed E-state index contributed by atoms with van der Waals surface area (Å²) in [7, 11) is 0. The molecule has 0 unspecified atom stereocenters. The monoisotopic (exact) mass is 251 g/mol. The number of hydrogen-bond acceptors (Lipinski definition) is 2. The fraction of sp³-hybridized carbons (Fsp3) is 0.235. The van der Waals surface area contributed by atoms with Gasteiger partial charge >= 0.3 is 0 Å². The highest BCUT2D eigenvalue weighted by Gasteiger charge is 2.17. The second-order valence-electron chi connectivity index (χ2n) is 4.96. The Kier molecular flexibility index (Phi) is 3.32. The van der Waals surface area contributed by atoms with Crippen molar-refractivity contribution in [1.82, 2.24) is 0 Å². The molecule has 0 N–H and O–H groups in total. The van der Waals surface area contributed by atoms with Crippen molar-refractivity contribution in [3.8, 4) is 0 Å². The summed E-state index contributed by atoms with van der Waals surface area (Å²) in [6.45, 7) is 2.66. The van der Waals surface area contributed by atoms with Gasteiger partial charge in [0.25, 0.3) is 0 Å². The zero-order valence-corrected chi connectivity index (χ0v) is 11.1. The Labute approximate surface area is 113 Å². The minimum atomic E-state index is 0.533. The van der Waals surface area contributed by atoms with Gasteiger partial charge in [0.05, 0.1) is 5.71 Å². The van der Waals surface area contributed by atoms with Gasteiger partial charge in [0.2, 0.25) is 0 Å². The number of oxime groups is 1. The smallest absolute Gasteiger partial charge is 0.142 e. The van der Waals surface area contributed by atoms with Gasteiger partial charge in [0.1, 0.15) is 6.61 Å². The maximum Gasteiger partial charge on any atom is 0.142 e. The van der Waals surface area contributed by atoms with Crippen LogP contribution in [0.4, 0.5) is 0 Å². The van der Waals surface area contributed by atoms with Gasteiger partial charge in [0, 0.05) is 5.56 Å². The predicted molar refractivity (Wildman–Crippen MR) is 77.3 cm³/mol. The summed E-state index contributed by atoms with van der Waals surface area (Å²) in [6.07, 6.45) is 2.05. The van der Waals surface area contributed by atoms with Crippen LogP contribution in [0.1, 0.15) is 28.7 Å². The molecule has 2 heteroatoms.